The summed E-state index contributed by atoms with van der Waals surface area (Å²) in [6.07, 6.45) is 1.66. The third kappa shape index (κ3) is 3.74. The number of halogens is 1. The Labute approximate surface area is 168 Å². The third-order valence-corrected chi connectivity index (χ3v) is 4.95. The first kappa shape index (κ1) is 18.8. The number of pyridine rings is 1. The quantitative estimate of drug-likeness (QED) is 0.510. The normalized spacial score (nSPS) is 11.0. The van der Waals surface area contributed by atoms with Gasteiger partial charge in [-0.05, 0) is 30.7 Å². The molecule has 29 heavy (non-hydrogen) atoms. The van der Waals surface area contributed by atoms with Crippen LogP contribution in [0, 0.1) is 5.82 Å². The molecular formula is C23H21FN4O. The van der Waals surface area contributed by atoms with Crippen LogP contribution in [0.1, 0.15) is 22.8 Å². The van der Waals surface area contributed by atoms with E-state index in [0.717, 1.165) is 11.1 Å². The van der Waals surface area contributed by atoms with Crippen molar-refractivity contribution in [2.45, 2.75) is 13.5 Å². The molecule has 6 heteroatoms. The maximum atomic E-state index is 13.6. The van der Waals surface area contributed by atoms with Gasteiger partial charge >= 0.3 is 0 Å². The molecule has 0 aliphatic carbocycles. The molecule has 2 aromatic carbocycles. The van der Waals surface area contributed by atoms with Crippen LogP contribution in [-0.4, -0.2) is 39.2 Å². The highest BCUT2D eigenvalue weighted by Gasteiger charge is 2.19. The molecular weight excluding hydrogens is 367 g/mol. The van der Waals surface area contributed by atoms with Crippen LogP contribution in [0.15, 0.2) is 66.9 Å². The molecule has 2 heterocycles. The standard InChI is InChI=1S/C23H21FN4O/c1-3-27(2)23(29)19-13-21(17-9-5-4-6-10-17)26-22-20(19)14-25-28(22)15-16-8-7-11-18(24)12-16/h4-14H,3,15H2,1-2H3. The van der Waals surface area contributed by atoms with Crippen LogP contribution in [0.2, 0.25) is 0 Å². The van der Waals surface area contributed by atoms with E-state index in [2.05, 4.69) is 5.10 Å². The number of nitrogens with zero attached hydrogens (tertiary/aromatic N) is 4. The summed E-state index contributed by atoms with van der Waals surface area (Å²) < 4.78 is 15.3. The van der Waals surface area contributed by atoms with E-state index in [4.69, 9.17) is 4.98 Å². The molecule has 0 N–H and O–H groups in total. The van der Waals surface area contributed by atoms with E-state index in [1.54, 1.807) is 28.9 Å². The predicted molar refractivity (Wildman–Crippen MR) is 111 cm³/mol. The monoisotopic (exact) mass is 388 g/mol. The van der Waals surface area contributed by atoms with Crippen molar-refractivity contribution in [1.82, 2.24) is 19.7 Å². The Morgan fingerprint density at radius 2 is 1.90 bits per heavy atom. The number of amides is 1. The molecule has 0 aliphatic rings. The fraction of sp³-hybridized carbons (Fsp3) is 0.174. The molecule has 1 amide bonds. The SMILES string of the molecule is CCN(C)C(=O)c1cc(-c2ccccc2)nc2c1cnn2Cc1cccc(F)c1. The average Bonchev–Trinajstić information content (AvgIpc) is 3.15. The van der Waals surface area contributed by atoms with Crippen molar-refractivity contribution < 1.29 is 9.18 Å². The summed E-state index contributed by atoms with van der Waals surface area (Å²) >= 11 is 0. The molecule has 0 saturated carbocycles. The summed E-state index contributed by atoms with van der Waals surface area (Å²) in [5.74, 6) is -0.375. The fourth-order valence-electron chi connectivity index (χ4n) is 3.25. The zero-order valence-corrected chi connectivity index (χ0v) is 16.3. The molecule has 0 atom stereocenters. The lowest BCUT2D eigenvalue weighted by Crippen LogP contribution is -2.26. The molecule has 0 radical (unpaired) electrons. The Hall–Kier alpha value is -3.54. The third-order valence-electron chi connectivity index (χ3n) is 4.95. The van der Waals surface area contributed by atoms with Gasteiger partial charge in [0.25, 0.3) is 5.91 Å². The highest BCUT2D eigenvalue weighted by molar-refractivity contribution is 6.06. The van der Waals surface area contributed by atoms with Crippen LogP contribution in [0.4, 0.5) is 4.39 Å². The van der Waals surface area contributed by atoms with Crippen LogP contribution in [0.5, 0.6) is 0 Å². The number of carbonyl (C=O) groups is 1. The highest BCUT2D eigenvalue weighted by Crippen LogP contribution is 2.26. The molecule has 146 valence electrons. The van der Waals surface area contributed by atoms with E-state index in [9.17, 15) is 9.18 Å². The van der Waals surface area contributed by atoms with Crippen molar-refractivity contribution >= 4 is 16.9 Å². The van der Waals surface area contributed by atoms with Crippen molar-refractivity contribution in [1.29, 1.82) is 0 Å². The van der Waals surface area contributed by atoms with Gasteiger partial charge in [-0.1, -0.05) is 42.5 Å². The van der Waals surface area contributed by atoms with Crippen LogP contribution < -0.4 is 0 Å². The van der Waals surface area contributed by atoms with Crippen LogP contribution in [-0.2, 0) is 6.54 Å². The second-order valence-electron chi connectivity index (χ2n) is 6.91. The summed E-state index contributed by atoms with van der Waals surface area (Å²) in [5, 5.41) is 5.13. The van der Waals surface area contributed by atoms with Crippen LogP contribution >= 0.6 is 0 Å². The summed E-state index contributed by atoms with van der Waals surface area (Å²) in [5.41, 5.74) is 3.56. The van der Waals surface area contributed by atoms with Gasteiger partial charge in [0.1, 0.15) is 5.82 Å². The summed E-state index contributed by atoms with van der Waals surface area (Å²) in [4.78, 5) is 19.4. The molecule has 4 aromatic rings. The second-order valence-corrected chi connectivity index (χ2v) is 6.91. The molecule has 0 unspecified atom stereocenters. The number of fused-ring (bicyclic) bond motifs is 1. The maximum Gasteiger partial charge on any atom is 0.254 e. The van der Waals surface area contributed by atoms with E-state index in [1.165, 1.54) is 12.1 Å². The fourth-order valence-corrected chi connectivity index (χ4v) is 3.25. The van der Waals surface area contributed by atoms with Gasteiger partial charge in [-0.25, -0.2) is 14.1 Å². The van der Waals surface area contributed by atoms with Crippen molar-refractivity contribution in [3.8, 4) is 11.3 Å². The van der Waals surface area contributed by atoms with E-state index in [0.29, 0.717) is 35.4 Å². The van der Waals surface area contributed by atoms with Gasteiger partial charge in [0.05, 0.1) is 29.4 Å². The largest absolute Gasteiger partial charge is 0.342 e. The molecule has 0 spiro atoms. The molecule has 2 aromatic heterocycles. The highest BCUT2D eigenvalue weighted by atomic mass is 19.1. The Balaban J connectivity index is 1.88. The number of carbonyl (C=O) groups excluding carboxylic acids is 1. The predicted octanol–water partition coefficient (Wildman–Crippen LogP) is 4.38. The Morgan fingerprint density at radius 3 is 2.62 bits per heavy atom. The van der Waals surface area contributed by atoms with E-state index in [-0.39, 0.29) is 11.7 Å². The average molecular weight is 388 g/mol. The molecule has 5 nitrogen and oxygen atoms in total. The van der Waals surface area contributed by atoms with Crippen molar-refractivity contribution in [3.05, 3.63) is 83.8 Å². The van der Waals surface area contributed by atoms with Gasteiger partial charge in [0.15, 0.2) is 5.65 Å². The first-order chi connectivity index (χ1) is 14.1. The number of aromatic nitrogens is 3. The Bertz CT molecular complexity index is 1170. The van der Waals surface area contributed by atoms with Crippen LogP contribution in [0.25, 0.3) is 22.3 Å². The summed E-state index contributed by atoms with van der Waals surface area (Å²) in [7, 11) is 1.77. The second kappa shape index (κ2) is 7.83. The Morgan fingerprint density at radius 1 is 1.10 bits per heavy atom. The number of hydrogen-bond acceptors (Lipinski definition) is 3. The van der Waals surface area contributed by atoms with E-state index in [1.807, 2.05) is 49.4 Å². The number of hydrogen-bond donors (Lipinski definition) is 0. The van der Waals surface area contributed by atoms with E-state index >= 15 is 0 Å². The summed E-state index contributed by atoms with van der Waals surface area (Å²) in [6.45, 7) is 2.90. The van der Waals surface area contributed by atoms with Gasteiger partial charge in [-0.2, -0.15) is 5.10 Å². The summed E-state index contributed by atoms with van der Waals surface area (Å²) in [6, 6.07) is 17.9. The van der Waals surface area contributed by atoms with Crippen LogP contribution in [0.3, 0.4) is 0 Å². The zero-order chi connectivity index (χ0) is 20.4. The molecule has 0 saturated heterocycles. The Kier molecular flexibility index (Phi) is 5.08. The lowest BCUT2D eigenvalue weighted by Gasteiger charge is -2.16. The number of rotatable bonds is 5. The topological polar surface area (TPSA) is 51.0 Å². The van der Waals surface area contributed by atoms with Gasteiger partial charge in [0.2, 0.25) is 0 Å². The first-order valence-corrected chi connectivity index (χ1v) is 9.48. The molecule has 4 rings (SSSR count). The van der Waals surface area contributed by atoms with Crippen molar-refractivity contribution in [3.63, 3.8) is 0 Å². The van der Waals surface area contributed by atoms with Gasteiger partial charge in [-0.15, -0.1) is 0 Å². The molecule has 0 bridgehead atoms. The molecule has 0 aliphatic heterocycles. The van der Waals surface area contributed by atoms with Gasteiger partial charge in [0, 0.05) is 19.2 Å². The lowest BCUT2D eigenvalue weighted by atomic mass is 10.1. The smallest absolute Gasteiger partial charge is 0.254 e. The maximum absolute atomic E-state index is 13.6. The van der Waals surface area contributed by atoms with Crippen molar-refractivity contribution in [2.24, 2.45) is 0 Å². The van der Waals surface area contributed by atoms with Crippen molar-refractivity contribution in [2.75, 3.05) is 13.6 Å². The zero-order valence-electron chi connectivity index (χ0n) is 16.3. The minimum Gasteiger partial charge on any atom is -0.342 e. The minimum absolute atomic E-state index is 0.0811. The first-order valence-electron chi connectivity index (χ1n) is 9.48. The molecule has 0 fully saturated rings. The van der Waals surface area contributed by atoms with Gasteiger partial charge < -0.3 is 4.90 Å². The minimum atomic E-state index is -0.294. The van der Waals surface area contributed by atoms with Gasteiger partial charge in [-0.3, -0.25) is 4.79 Å². The lowest BCUT2D eigenvalue weighted by molar-refractivity contribution is 0.0804. The number of benzene rings is 2. The van der Waals surface area contributed by atoms with E-state index < -0.39 is 0 Å².